The summed E-state index contributed by atoms with van der Waals surface area (Å²) in [5.74, 6) is -1.51. The summed E-state index contributed by atoms with van der Waals surface area (Å²) in [5.41, 5.74) is -1.88. The van der Waals surface area contributed by atoms with E-state index in [1.807, 2.05) is 0 Å². The number of nitrogens with zero attached hydrogens (tertiary/aromatic N) is 1. The van der Waals surface area contributed by atoms with Gasteiger partial charge in [0.15, 0.2) is 0 Å². The van der Waals surface area contributed by atoms with Gasteiger partial charge < -0.3 is 9.47 Å². The van der Waals surface area contributed by atoms with Crippen LogP contribution in [0, 0.1) is 10.1 Å². The number of ether oxygens (including phenoxy) is 2. The maximum Gasteiger partial charge on any atom is 0.416 e. The van der Waals surface area contributed by atoms with Crippen molar-refractivity contribution in [2.75, 3.05) is 6.61 Å². The number of carbonyl (C=O) groups excluding carboxylic acids is 2. The zero-order valence-corrected chi connectivity index (χ0v) is 15.3. The fourth-order valence-corrected chi connectivity index (χ4v) is 3.56. The highest BCUT2D eigenvalue weighted by molar-refractivity contribution is 7.99. The molecular weight excluding hydrogens is 415 g/mol. The summed E-state index contributed by atoms with van der Waals surface area (Å²) in [4.78, 5) is 34.4. The maximum absolute atomic E-state index is 12.9. The lowest BCUT2D eigenvalue weighted by atomic mass is 10.2. The molecule has 0 bridgehead atoms. The van der Waals surface area contributed by atoms with Gasteiger partial charge in [-0.1, -0.05) is 23.9 Å². The summed E-state index contributed by atoms with van der Waals surface area (Å²) in [6.07, 6.45) is -5.56. The largest absolute Gasteiger partial charge is 0.463 e. The van der Waals surface area contributed by atoms with Crippen LogP contribution in [0.3, 0.4) is 0 Å². The molecule has 7 nitrogen and oxygen atoms in total. The number of nitro groups is 1. The number of hydrogen-bond donors (Lipinski definition) is 0. The first kappa shape index (κ1) is 20.6. The molecule has 1 saturated heterocycles. The van der Waals surface area contributed by atoms with Crippen LogP contribution < -0.4 is 0 Å². The van der Waals surface area contributed by atoms with E-state index in [2.05, 4.69) is 0 Å². The van der Waals surface area contributed by atoms with E-state index in [1.165, 1.54) is 18.2 Å². The molecule has 0 aliphatic carbocycles. The third-order valence-corrected chi connectivity index (χ3v) is 5.09. The number of esters is 2. The Morgan fingerprint density at radius 1 is 1.21 bits per heavy atom. The van der Waals surface area contributed by atoms with Crippen molar-refractivity contribution >= 4 is 29.4 Å². The molecule has 152 valence electrons. The second-order valence-electron chi connectivity index (χ2n) is 5.89. The van der Waals surface area contributed by atoms with Crippen LogP contribution >= 0.6 is 11.8 Å². The maximum atomic E-state index is 12.9. The molecule has 29 heavy (non-hydrogen) atoms. The van der Waals surface area contributed by atoms with Gasteiger partial charge in [0.05, 0.1) is 27.6 Å². The van der Waals surface area contributed by atoms with Gasteiger partial charge in [-0.15, -0.1) is 0 Å². The number of cyclic esters (lactones) is 1. The molecule has 0 amide bonds. The molecule has 0 N–H and O–H groups in total. The Bertz CT molecular complexity index is 978. The van der Waals surface area contributed by atoms with Crippen molar-refractivity contribution in [1.29, 1.82) is 0 Å². The minimum absolute atomic E-state index is 0.0198. The molecule has 2 aromatic carbocycles. The van der Waals surface area contributed by atoms with Crippen LogP contribution in [0.5, 0.6) is 0 Å². The Morgan fingerprint density at radius 3 is 2.55 bits per heavy atom. The standard InChI is InChI=1S/C18H12F3NO6S/c19-18(20,21)10-5-6-15(12(9-10)22(25)26)29-14-4-2-1-3-11(14)16(23)28-13-7-8-27-17(13)24/h1-6,9,13H,7-8H2/t13-/m1/s1. The molecule has 0 unspecified atom stereocenters. The first-order valence-electron chi connectivity index (χ1n) is 8.17. The topological polar surface area (TPSA) is 95.7 Å². The highest BCUT2D eigenvalue weighted by atomic mass is 32.2. The van der Waals surface area contributed by atoms with Crippen LogP contribution in [0.1, 0.15) is 22.3 Å². The number of rotatable bonds is 5. The zero-order valence-electron chi connectivity index (χ0n) is 14.5. The van der Waals surface area contributed by atoms with Crippen LogP contribution in [-0.4, -0.2) is 29.6 Å². The van der Waals surface area contributed by atoms with Gasteiger partial charge in [-0.25, -0.2) is 9.59 Å². The summed E-state index contributed by atoms with van der Waals surface area (Å²) < 4.78 is 48.4. The van der Waals surface area contributed by atoms with Gasteiger partial charge in [0.25, 0.3) is 5.69 Å². The Morgan fingerprint density at radius 2 is 1.93 bits per heavy atom. The number of carbonyl (C=O) groups is 2. The smallest absolute Gasteiger partial charge is 0.416 e. The molecule has 11 heteroatoms. The fourth-order valence-electron chi connectivity index (χ4n) is 2.54. The van der Waals surface area contributed by atoms with Gasteiger partial charge in [0, 0.05) is 17.4 Å². The van der Waals surface area contributed by atoms with Gasteiger partial charge in [0.1, 0.15) is 0 Å². The number of halogens is 3. The van der Waals surface area contributed by atoms with Crippen molar-refractivity contribution in [1.82, 2.24) is 0 Å². The van der Waals surface area contributed by atoms with E-state index in [9.17, 15) is 32.9 Å². The Hall–Kier alpha value is -3.08. The molecule has 1 fully saturated rings. The van der Waals surface area contributed by atoms with E-state index in [1.54, 1.807) is 6.07 Å². The molecule has 3 rings (SSSR count). The molecule has 0 radical (unpaired) electrons. The monoisotopic (exact) mass is 427 g/mol. The van der Waals surface area contributed by atoms with Crippen molar-refractivity contribution in [3.8, 4) is 0 Å². The lowest BCUT2D eigenvalue weighted by molar-refractivity contribution is -0.388. The van der Waals surface area contributed by atoms with Crippen LogP contribution in [0.25, 0.3) is 0 Å². The summed E-state index contributed by atoms with van der Waals surface area (Å²) in [5, 5.41) is 11.3. The van der Waals surface area contributed by atoms with Crippen LogP contribution in [-0.2, 0) is 20.4 Å². The van der Waals surface area contributed by atoms with Gasteiger partial charge in [0.2, 0.25) is 6.10 Å². The molecule has 1 aliphatic rings. The predicted molar refractivity (Wildman–Crippen MR) is 93.4 cm³/mol. The van der Waals surface area contributed by atoms with Crippen molar-refractivity contribution in [2.45, 2.75) is 28.5 Å². The number of nitro benzene ring substituents is 1. The number of hydrogen-bond acceptors (Lipinski definition) is 7. The third-order valence-electron chi connectivity index (χ3n) is 3.95. The number of benzene rings is 2. The highest BCUT2D eigenvalue weighted by Crippen LogP contribution is 2.40. The fraction of sp³-hybridized carbons (Fsp3) is 0.222. The normalized spacial score (nSPS) is 16.4. The lowest BCUT2D eigenvalue weighted by Crippen LogP contribution is -2.23. The Labute approximate surface area is 165 Å². The number of alkyl halides is 3. The molecular formula is C18H12F3NO6S. The Kier molecular flexibility index (Phi) is 5.78. The van der Waals surface area contributed by atoms with Gasteiger partial charge in [-0.05, 0) is 24.3 Å². The second-order valence-corrected chi connectivity index (χ2v) is 6.97. The summed E-state index contributed by atoms with van der Waals surface area (Å²) >= 11 is 0.750. The van der Waals surface area contributed by atoms with Crippen LogP contribution in [0.4, 0.5) is 18.9 Å². The van der Waals surface area contributed by atoms with Crippen molar-refractivity contribution < 1.29 is 37.2 Å². The summed E-state index contributed by atoms with van der Waals surface area (Å²) in [7, 11) is 0. The van der Waals surface area contributed by atoms with E-state index >= 15 is 0 Å². The summed E-state index contributed by atoms with van der Waals surface area (Å²) in [6.45, 7) is 0.130. The predicted octanol–water partition coefficient (Wildman–Crippen LogP) is 4.24. The van der Waals surface area contributed by atoms with Crippen LogP contribution in [0.15, 0.2) is 52.3 Å². The van der Waals surface area contributed by atoms with E-state index in [0.29, 0.717) is 6.07 Å². The van der Waals surface area contributed by atoms with E-state index in [0.717, 1.165) is 23.9 Å². The summed E-state index contributed by atoms with van der Waals surface area (Å²) in [6, 6.07) is 8.08. The average Bonchev–Trinajstić information content (AvgIpc) is 3.06. The van der Waals surface area contributed by atoms with Crippen molar-refractivity contribution in [2.24, 2.45) is 0 Å². The lowest BCUT2D eigenvalue weighted by Gasteiger charge is -2.12. The zero-order chi connectivity index (χ0) is 21.2. The quantitative estimate of drug-likeness (QED) is 0.400. The first-order chi connectivity index (χ1) is 13.7. The SMILES string of the molecule is O=C(O[C@@H]1CCOC1=O)c1ccccc1Sc1ccc(C(F)(F)F)cc1[N+](=O)[O-]. The first-order valence-corrected chi connectivity index (χ1v) is 8.98. The van der Waals surface area contributed by atoms with Gasteiger partial charge in [-0.3, -0.25) is 10.1 Å². The van der Waals surface area contributed by atoms with E-state index < -0.39 is 40.4 Å². The third kappa shape index (κ3) is 4.67. The molecule has 2 aromatic rings. The second kappa shape index (κ2) is 8.11. The van der Waals surface area contributed by atoms with Gasteiger partial charge >= 0.3 is 18.1 Å². The van der Waals surface area contributed by atoms with Gasteiger partial charge in [-0.2, -0.15) is 13.2 Å². The average molecular weight is 427 g/mol. The molecule has 1 atom stereocenters. The van der Waals surface area contributed by atoms with Crippen molar-refractivity contribution in [3.63, 3.8) is 0 Å². The molecule has 0 saturated carbocycles. The van der Waals surface area contributed by atoms with Crippen molar-refractivity contribution in [3.05, 3.63) is 63.7 Å². The van der Waals surface area contributed by atoms with E-state index in [4.69, 9.17) is 9.47 Å². The molecule has 0 aromatic heterocycles. The van der Waals surface area contributed by atoms with E-state index in [-0.39, 0.29) is 28.4 Å². The Balaban J connectivity index is 1.90. The molecule has 0 spiro atoms. The highest BCUT2D eigenvalue weighted by Gasteiger charge is 2.34. The molecule has 1 heterocycles. The minimum atomic E-state index is -4.73. The van der Waals surface area contributed by atoms with Crippen LogP contribution in [0.2, 0.25) is 0 Å². The minimum Gasteiger partial charge on any atom is -0.463 e. The molecule has 1 aliphatic heterocycles.